The van der Waals surface area contributed by atoms with E-state index in [0.29, 0.717) is 12.6 Å². The van der Waals surface area contributed by atoms with Crippen molar-refractivity contribution in [2.75, 3.05) is 26.2 Å². The maximum absolute atomic E-state index is 10.9. The van der Waals surface area contributed by atoms with E-state index in [-0.39, 0.29) is 18.4 Å². The van der Waals surface area contributed by atoms with Crippen molar-refractivity contribution < 1.29 is 26.4 Å². The fourth-order valence-electron chi connectivity index (χ4n) is 1.92. The molecule has 0 aromatic heterocycles. The van der Waals surface area contributed by atoms with Crippen molar-refractivity contribution in [2.45, 2.75) is 33.7 Å². The largest absolute Gasteiger partial charge is 1.00 e. The van der Waals surface area contributed by atoms with Crippen molar-refractivity contribution in [1.29, 1.82) is 0 Å². The number of carbonyl (C=O) groups is 1. The topological polar surface area (TPSA) is 26.3 Å². The molecule has 0 rings (SSSR count). The van der Waals surface area contributed by atoms with Crippen LogP contribution in [0.25, 0.3) is 0 Å². The van der Waals surface area contributed by atoms with Gasteiger partial charge in [0.1, 0.15) is 13.2 Å². The number of ether oxygens (including phenoxy) is 1. The van der Waals surface area contributed by atoms with Crippen LogP contribution in [0.1, 0.15) is 27.7 Å². The molecule has 0 saturated heterocycles. The first kappa shape index (κ1) is 17.8. The maximum atomic E-state index is 10.9. The first-order valence-corrected chi connectivity index (χ1v) is 5.67. The molecule has 0 aliphatic carbocycles. The predicted molar refractivity (Wildman–Crippen MR) is 62.5 cm³/mol. The molecule has 0 aromatic carbocycles. The van der Waals surface area contributed by atoms with Gasteiger partial charge in [-0.05, 0) is 27.7 Å². The van der Waals surface area contributed by atoms with Crippen LogP contribution >= 0.6 is 0 Å². The molecule has 0 aliphatic rings. The standard InChI is InChI=1S/C12H24NO2.ClH/c1-6-12(14)15-10-9-13(7-2,8-3)11(4)5;/h6,11H,1,7-10H2,2-5H3;1H/q+1;/p-1. The third-order valence-corrected chi connectivity index (χ3v) is 3.30. The molecule has 4 heteroatoms. The Bertz CT molecular complexity index is 213. The zero-order valence-electron chi connectivity index (χ0n) is 10.8. The minimum absolute atomic E-state index is 0. The van der Waals surface area contributed by atoms with E-state index in [1.165, 1.54) is 6.08 Å². The van der Waals surface area contributed by atoms with Crippen molar-refractivity contribution in [2.24, 2.45) is 0 Å². The number of likely N-dealkylation sites (N-methyl/N-ethyl adjacent to an activating group) is 1. The lowest BCUT2D eigenvalue weighted by Crippen LogP contribution is -3.00. The molecular formula is C12H24ClNO2. The Balaban J connectivity index is 0. The van der Waals surface area contributed by atoms with E-state index in [0.717, 1.165) is 24.1 Å². The van der Waals surface area contributed by atoms with Crippen LogP contribution in [0.5, 0.6) is 0 Å². The molecule has 16 heavy (non-hydrogen) atoms. The molecule has 0 bridgehead atoms. The van der Waals surface area contributed by atoms with E-state index in [9.17, 15) is 4.79 Å². The van der Waals surface area contributed by atoms with Crippen molar-refractivity contribution in [3.05, 3.63) is 12.7 Å². The number of hydrogen-bond donors (Lipinski definition) is 0. The van der Waals surface area contributed by atoms with E-state index < -0.39 is 0 Å². The van der Waals surface area contributed by atoms with Crippen molar-refractivity contribution in [3.63, 3.8) is 0 Å². The highest BCUT2D eigenvalue weighted by Crippen LogP contribution is 2.12. The van der Waals surface area contributed by atoms with Crippen LogP contribution in [-0.4, -0.2) is 42.7 Å². The minimum Gasteiger partial charge on any atom is -1.00 e. The summed E-state index contributed by atoms with van der Waals surface area (Å²) in [5.74, 6) is -0.330. The molecule has 0 heterocycles. The lowest BCUT2D eigenvalue weighted by Gasteiger charge is -2.40. The van der Waals surface area contributed by atoms with Crippen LogP contribution in [-0.2, 0) is 9.53 Å². The Morgan fingerprint density at radius 1 is 1.38 bits per heavy atom. The monoisotopic (exact) mass is 249 g/mol. The number of esters is 1. The van der Waals surface area contributed by atoms with Crippen LogP contribution in [0.3, 0.4) is 0 Å². The Morgan fingerprint density at radius 2 is 1.88 bits per heavy atom. The van der Waals surface area contributed by atoms with Crippen LogP contribution in [0.4, 0.5) is 0 Å². The van der Waals surface area contributed by atoms with E-state index in [2.05, 4.69) is 34.3 Å². The number of rotatable bonds is 7. The van der Waals surface area contributed by atoms with Gasteiger partial charge < -0.3 is 21.6 Å². The molecule has 0 aliphatic heterocycles. The number of hydrogen-bond acceptors (Lipinski definition) is 2. The molecule has 0 aromatic rings. The molecule has 0 N–H and O–H groups in total. The maximum Gasteiger partial charge on any atom is 0.330 e. The fraction of sp³-hybridized carbons (Fsp3) is 0.750. The molecule has 0 radical (unpaired) electrons. The Morgan fingerprint density at radius 3 is 2.19 bits per heavy atom. The van der Waals surface area contributed by atoms with Gasteiger partial charge in [0.15, 0.2) is 0 Å². The average molecular weight is 250 g/mol. The molecule has 96 valence electrons. The first-order chi connectivity index (χ1) is 7.02. The third-order valence-electron chi connectivity index (χ3n) is 3.30. The summed E-state index contributed by atoms with van der Waals surface area (Å²) in [5.41, 5.74) is 0. The summed E-state index contributed by atoms with van der Waals surface area (Å²) in [7, 11) is 0. The third kappa shape index (κ3) is 4.99. The molecule has 0 saturated carbocycles. The van der Waals surface area contributed by atoms with Crippen molar-refractivity contribution in [1.82, 2.24) is 0 Å². The van der Waals surface area contributed by atoms with Gasteiger partial charge in [-0.15, -0.1) is 0 Å². The van der Waals surface area contributed by atoms with Gasteiger partial charge in [0.2, 0.25) is 0 Å². The van der Waals surface area contributed by atoms with E-state index in [4.69, 9.17) is 4.74 Å². The number of quaternary nitrogens is 1. The SMILES string of the molecule is C=CC(=O)OCC[N+](CC)(CC)C(C)C.[Cl-]. The van der Waals surface area contributed by atoms with E-state index in [1.54, 1.807) is 0 Å². The molecule has 0 spiro atoms. The summed E-state index contributed by atoms with van der Waals surface area (Å²) in [6.07, 6.45) is 1.21. The van der Waals surface area contributed by atoms with Crippen LogP contribution < -0.4 is 12.4 Å². The highest BCUT2D eigenvalue weighted by atomic mass is 35.5. The number of halogens is 1. The van der Waals surface area contributed by atoms with Gasteiger partial charge in [-0.25, -0.2) is 4.79 Å². The minimum atomic E-state index is -0.330. The van der Waals surface area contributed by atoms with Crippen molar-refractivity contribution >= 4 is 5.97 Å². The average Bonchev–Trinajstić information content (AvgIpc) is 2.24. The van der Waals surface area contributed by atoms with Gasteiger partial charge in [-0.1, -0.05) is 6.58 Å². The predicted octanol–water partition coefficient (Wildman–Crippen LogP) is -1.02. The number of nitrogens with zero attached hydrogens (tertiary/aromatic N) is 1. The normalized spacial score (nSPS) is 10.8. The molecule has 3 nitrogen and oxygen atoms in total. The lowest BCUT2D eigenvalue weighted by atomic mass is 10.2. The molecule has 0 fully saturated rings. The van der Waals surface area contributed by atoms with Crippen LogP contribution in [0, 0.1) is 0 Å². The summed E-state index contributed by atoms with van der Waals surface area (Å²) >= 11 is 0. The van der Waals surface area contributed by atoms with Crippen LogP contribution in [0.15, 0.2) is 12.7 Å². The Hall–Kier alpha value is -0.540. The second-order valence-corrected chi connectivity index (χ2v) is 4.04. The Labute approximate surface area is 105 Å². The number of carbonyl (C=O) groups excluding carboxylic acids is 1. The molecule has 0 amide bonds. The smallest absolute Gasteiger partial charge is 0.330 e. The first-order valence-electron chi connectivity index (χ1n) is 5.67. The summed E-state index contributed by atoms with van der Waals surface area (Å²) in [4.78, 5) is 10.9. The van der Waals surface area contributed by atoms with Gasteiger partial charge in [-0.3, -0.25) is 0 Å². The second-order valence-electron chi connectivity index (χ2n) is 4.04. The van der Waals surface area contributed by atoms with Crippen molar-refractivity contribution in [3.8, 4) is 0 Å². The van der Waals surface area contributed by atoms with E-state index in [1.807, 2.05) is 0 Å². The van der Waals surface area contributed by atoms with Gasteiger partial charge in [-0.2, -0.15) is 0 Å². The van der Waals surface area contributed by atoms with E-state index >= 15 is 0 Å². The summed E-state index contributed by atoms with van der Waals surface area (Å²) < 4.78 is 6.02. The lowest BCUT2D eigenvalue weighted by molar-refractivity contribution is -0.944. The summed E-state index contributed by atoms with van der Waals surface area (Å²) in [6, 6.07) is 0.558. The summed E-state index contributed by atoms with van der Waals surface area (Å²) in [5, 5.41) is 0. The zero-order valence-corrected chi connectivity index (χ0v) is 11.6. The highest BCUT2D eigenvalue weighted by Gasteiger charge is 2.27. The fourth-order valence-corrected chi connectivity index (χ4v) is 1.92. The highest BCUT2D eigenvalue weighted by molar-refractivity contribution is 5.81. The molecular weight excluding hydrogens is 226 g/mol. The van der Waals surface area contributed by atoms with Gasteiger partial charge in [0.05, 0.1) is 19.1 Å². The van der Waals surface area contributed by atoms with Gasteiger partial charge >= 0.3 is 5.97 Å². The second kappa shape index (κ2) is 8.59. The molecule has 0 unspecified atom stereocenters. The Kier molecular flexibility index (Phi) is 9.58. The quantitative estimate of drug-likeness (QED) is 0.328. The van der Waals surface area contributed by atoms with Crippen LogP contribution in [0.2, 0.25) is 0 Å². The van der Waals surface area contributed by atoms with Gasteiger partial charge in [0.25, 0.3) is 0 Å². The zero-order chi connectivity index (χ0) is 11.9. The summed E-state index contributed by atoms with van der Waals surface area (Å²) in [6.45, 7) is 15.6. The molecule has 0 atom stereocenters. The van der Waals surface area contributed by atoms with Gasteiger partial charge in [0, 0.05) is 6.08 Å².